The van der Waals surface area contributed by atoms with Crippen LogP contribution in [0.2, 0.25) is 0 Å². The molecular formula is C12H11BrN2OS. The van der Waals surface area contributed by atoms with E-state index in [-0.39, 0.29) is 6.10 Å². The quantitative estimate of drug-likeness (QED) is 0.876. The third-order valence-electron chi connectivity index (χ3n) is 2.81. The van der Waals surface area contributed by atoms with Gasteiger partial charge in [-0.2, -0.15) is 0 Å². The molecule has 0 saturated carbocycles. The van der Waals surface area contributed by atoms with Gasteiger partial charge in [-0.1, -0.05) is 39.4 Å². The number of hydrogen-bond donors (Lipinski definition) is 1. The van der Waals surface area contributed by atoms with Crippen molar-refractivity contribution >= 4 is 32.4 Å². The standard InChI is InChI=1S/C12H11BrN2OS/c13-8-3-1-7(2-4-8)10-6-5-9-11(16-10)17-12(14)15-9/h1-4,10H,5-6H2,(H2,14,15). The first kappa shape index (κ1) is 11.0. The molecule has 0 fully saturated rings. The van der Waals surface area contributed by atoms with Gasteiger partial charge in [0.1, 0.15) is 6.10 Å². The predicted molar refractivity (Wildman–Crippen MR) is 72.4 cm³/mol. The molecule has 2 aromatic rings. The third kappa shape index (κ3) is 2.17. The number of nitrogen functional groups attached to an aromatic ring is 1. The van der Waals surface area contributed by atoms with Crippen molar-refractivity contribution in [2.24, 2.45) is 0 Å². The van der Waals surface area contributed by atoms with Crippen LogP contribution in [0, 0.1) is 0 Å². The lowest BCUT2D eigenvalue weighted by molar-refractivity contribution is 0.182. The van der Waals surface area contributed by atoms with Crippen molar-refractivity contribution in [2.75, 3.05) is 5.73 Å². The molecule has 1 aliphatic heterocycles. The molecule has 88 valence electrons. The molecule has 0 bridgehead atoms. The van der Waals surface area contributed by atoms with Gasteiger partial charge in [0.15, 0.2) is 10.2 Å². The van der Waals surface area contributed by atoms with Crippen molar-refractivity contribution in [1.29, 1.82) is 0 Å². The van der Waals surface area contributed by atoms with Gasteiger partial charge in [-0.3, -0.25) is 0 Å². The van der Waals surface area contributed by atoms with E-state index in [1.165, 1.54) is 16.9 Å². The molecule has 0 spiro atoms. The number of aromatic nitrogens is 1. The molecule has 0 amide bonds. The summed E-state index contributed by atoms with van der Waals surface area (Å²) in [5.74, 6) is 0. The normalized spacial score (nSPS) is 18.5. The Bertz CT molecular complexity index is 538. The predicted octanol–water partition coefficient (Wildman–Crippen LogP) is 3.55. The molecule has 0 radical (unpaired) electrons. The lowest BCUT2D eigenvalue weighted by Crippen LogP contribution is -2.14. The molecule has 17 heavy (non-hydrogen) atoms. The van der Waals surface area contributed by atoms with Gasteiger partial charge in [-0.25, -0.2) is 4.98 Å². The second-order valence-electron chi connectivity index (χ2n) is 3.98. The molecule has 2 N–H and O–H groups in total. The Balaban J connectivity index is 1.86. The molecule has 1 aliphatic rings. The van der Waals surface area contributed by atoms with Crippen molar-refractivity contribution in [1.82, 2.24) is 4.98 Å². The SMILES string of the molecule is Nc1nc2c(s1)OC(c1ccc(Br)cc1)CC2. The molecule has 3 nitrogen and oxygen atoms in total. The van der Waals surface area contributed by atoms with Crippen LogP contribution in [0.1, 0.15) is 23.8 Å². The van der Waals surface area contributed by atoms with Gasteiger partial charge >= 0.3 is 0 Å². The number of ether oxygens (including phenoxy) is 1. The van der Waals surface area contributed by atoms with Gasteiger partial charge in [0.25, 0.3) is 0 Å². The molecule has 1 atom stereocenters. The largest absolute Gasteiger partial charge is 0.474 e. The topological polar surface area (TPSA) is 48.1 Å². The maximum atomic E-state index is 5.94. The van der Waals surface area contributed by atoms with Crippen LogP contribution in [0.4, 0.5) is 5.13 Å². The number of hydrogen-bond acceptors (Lipinski definition) is 4. The van der Waals surface area contributed by atoms with Crippen LogP contribution in [0.5, 0.6) is 5.06 Å². The Morgan fingerprint density at radius 1 is 1.35 bits per heavy atom. The zero-order chi connectivity index (χ0) is 11.8. The Hall–Kier alpha value is -1.07. The second-order valence-corrected chi connectivity index (χ2v) is 5.89. The number of nitrogens with zero attached hydrogens (tertiary/aromatic N) is 1. The van der Waals surface area contributed by atoms with Gasteiger partial charge in [-0.15, -0.1) is 0 Å². The summed E-state index contributed by atoms with van der Waals surface area (Å²) in [4.78, 5) is 4.26. The van der Waals surface area contributed by atoms with Crippen LogP contribution < -0.4 is 10.5 Å². The van der Waals surface area contributed by atoms with Gasteiger partial charge in [0.2, 0.25) is 0 Å². The van der Waals surface area contributed by atoms with Crippen molar-refractivity contribution in [3.05, 3.63) is 40.0 Å². The summed E-state index contributed by atoms with van der Waals surface area (Å²) in [5.41, 5.74) is 7.88. The van der Waals surface area contributed by atoms with E-state index < -0.39 is 0 Å². The molecular weight excluding hydrogens is 300 g/mol. The van der Waals surface area contributed by atoms with Gasteiger partial charge in [0.05, 0.1) is 5.69 Å². The molecule has 3 rings (SSSR count). The van der Waals surface area contributed by atoms with Crippen LogP contribution >= 0.6 is 27.3 Å². The highest BCUT2D eigenvalue weighted by Gasteiger charge is 2.24. The molecule has 0 saturated heterocycles. The fraction of sp³-hybridized carbons (Fsp3) is 0.250. The number of thiazole rings is 1. The van der Waals surface area contributed by atoms with E-state index in [1.807, 2.05) is 12.1 Å². The number of aryl methyl sites for hydroxylation is 1. The molecule has 1 aromatic heterocycles. The third-order valence-corrected chi connectivity index (χ3v) is 4.16. The van der Waals surface area contributed by atoms with E-state index in [0.29, 0.717) is 5.13 Å². The van der Waals surface area contributed by atoms with E-state index in [0.717, 1.165) is 28.1 Å². The average molecular weight is 311 g/mol. The smallest absolute Gasteiger partial charge is 0.199 e. The van der Waals surface area contributed by atoms with Crippen LogP contribution in [0.15, 0.2) is 28.7 Å². The van der Waals surface area contributed by atoms with E-state index in [9.17, 15) is 0 Å². The highest BCUT2D eigenvalue weighted by atomic mass is 79.9. The summed E-state index contributed by atoms with van der Waals surface area (Å²) in [6.07, 6.45) is 2.01. The first-order chi connectivity index (χ1) is 8.22. The summed E-state index contributed by atoms with van der Waals surface area (Å²) >= 11 is 4.86. The van der Waals surface area contributed by atoms with Gasteiger partial charge < -0.3 is 10.5 Å². The highest BCUT2D eigenvalue weighted by molar-refractivity contribution is 9.10. The molecule has 5 heteroatoms. The molecule has 1 unspecified atom stereocenters. The molecule has 0 aliphatic carbocycles. The summed E-state index contributed by atoms with van der Waals surface area (Å²) < 4.78 is 7.02. The minimum atomic E-state index is 0.121. The van der Waals surface area contributed by atoms with Crippen molar-refractivity contribution in [2.45, 2.75) is 18.9 Å². The summed E-state index contributed by atoms with van der Waals surface area (Å²) in [6, 6.07) is 8.25. The van der Waals surface area contributed by atoms with Gasteiger partial charge in [0, 0.05) is 4.47 Å². The lowest BCUT2D eigenvalue weighted by Gasteiger charge is -2.22. The number of benzene rings is 1. The Morgan fingerprint density at radius 3 is 2.88 bits per heavy atom. The minimum Gasteiger partial charge on any atom is -0.474 e. The van der Waals surface area contributed by atoms with Crippen LogP contribution in [-0.4, -0.2) is 4.98 Å². The Labute approximate surface area is 112 Å². The number of fused-ring (bicyclic) bond motifs is 1. The first-order valence-electron chi connectivity index (χ1n) is 5.39. The van der Waals surface area contributed by atoms with Crippen LogP contribution in [0.25, 0.3) is 0 Å². The zero-order valence-electron chi connectivity index (χ0n) is 9.02. The zero-order valence-corrected chi connectivity index (χ0v) is 11.4. The number of nitrogens with two attached hydrogens (primary N) is 1. The van der Waals surface area contributed by atoms with E-state index in [2.05, 4.69) is 33.0 Å². The van der Waals surface area contributed by atoms with Gasteiger partial charge in [-0.05, 0) is 30.5 Å². The lowest BCUT2D eigenvalue weighted by atomic mass is 10.0. The highest BCUT2D eigenvalue weighted by Crippen LogP contribution is 2.39. The van der Waals surface area contributed by atoms with E-state index in [1.54, 1.807) is 0 Å². The number of anilines is 1. The maximum Gasteiger partial charge on any atom is 0.199 e. The van der Waals surface area contributed by atoms with Crippen LogP contribution in [0.3, 0.4) is 0 Å². The van der Waals surface area contributed by atoms with E-state index in [4.69, 9.17) is 10.5 Å². The Kier molecular flexibility index (Phi) is 2.80. The minimum absolute atomic E-state index is 0.121. The average Bonchev–Trinajstić information content (AvgIpc) is 2.69. The first-order valence-corrected chi connectivity index (χ1v) is 7.00. The monoisotopic (exact) mass is 310 g/mol. The second kappa shape index (κ2) is 4.31. The summed E-state index contributed by atoms with van der Waals surface area (Å²) in [7, 11) is 0. The number of halogens is 1. The summed E-state index contributed by atoms with van der Waals surface area (Å²) in [6.45, 7) is 0. The molecule has 1 aromatic carbocycles. The van der Waals surface area contributed by atoms with Crippen LogP contribution in [-0.2, 0) is 6.42 Å². The van der Waals surface area contributed by atoms with E-state index >= 15 is 0 Å². The molecule has 2 heterocycles. The van der Waals surface area contributed by atoms with Crippen molar-refractivity contribution < 1.29 is 4.74 Å². The summed E-state index contributed by atoms with van der Waals surface area (Å²) in [5, 5.41) is 1.47. The number of rotatable bonds is 1. The Morgan fingerprint density at radius 2 is 2.12 bits per heavy atom. The maximum absolute atomic E-state index is 5.94. The fourth-order valence-electron chi connectivity index (χ4n) is 1.97. The van der Waals surface area contributed by atoms with Crippen molar-refractivity contribution in [3.63, 3.8) is 0 Å². The fourth-order valence-corrected chi connectivity index (χ4v) is 3.01. The van der Waals surface area contributed by atoms with Crippen molar-refractivity contribution in [3.8, 4) is 5.06 Å².